The van der Waals surface area contributed by atoms with E-state index in [1.54, 1.807) is 0 Å². The minimum absolute atomic E-state index is 0.655. The highest BCUT2D eigenvalue weighted by Gasteiger charge is 2.33. The second-order valence-electron chi connectivity index (χ2n) is 5.76. The minimum Gasteiger partial charge on any atom is -0.316 e. The van der Waals surface area contributed by atoms with Crippen LogP contribution in [0.3, 0.4) is 0 Å². The first-order chi connectivity index (χ1) is 7.22. The Morgan fingerprint density at radius 1 is 1.07 bits per heavy atom. The first-order valence-corrected chi connectivity index (χ1v) is 6.67. The predicted molar refractivity (Wildman–Crippen MR) is 65.1 cm³/mol. The highest BCUT2D eigenvalue weighted by atomic mass is 15.1. The van der Waals surface area contributed by atoms with Crippen molar-refractivity contribution < 1.29 is 0 Å². The van der Waals surface area contributed by atoms with Crippen molar-refractivity contribution in [1.82, 2.24) is 10.2 Å². The molecule has 2 aliphatic rings. The molecule has 1 spiro atoms. The van der Waals surface area contributed by atoms with Crippen LogP contribution in [0.5, 0.6) is 0 Å². The van der Waals surface area contributed by atoms with E-state index in [-0.39, 0.29) is 0 Å². The molecule has 0 aliphatic carbocycles. The molecule has 0 aromatic carbocycles. The maximum atomic E-state index is 3.60. The molecular weight excluding hydrogens is 184 g/mol. The van der Waals surface area contributed by atoms with Gasteiger partial charge in [-0.25, -0.2) is 0 Å². The average Bonchev–Trinajstić information content (AvgIpc) is 2.43. The third-order valence-electron chi connectivity index (χ3n) is 4.37. The molecule has 0 aromatic rings. The molecule has 2 heterocycles. The van der Waals surface area contributed by atoms with E-state index in [1.165, 1.54) is 58.3 Å². The molecule has 88 valence electrons. The SMILES string of the molecule is CC(C)N1CCCC2(CCCNC2)CC1. The van der Waals surface area contributed by atoms with Crippen LogP contribution in [0.2, 0.25) is 0 Å². The molecule has 2 aliphatic heterocycles. The number of hydrogen-bond donors (Lipinski definition) is 1. The van der Waals surface area contributed by atoms with Crippen LogP contribution < -0.4 is 5.32 Å². The Kier molecular flexibility index (Phi) is 3.68. The highest BCUT2D eigenvalue weighted by molar-refractivity contribution is 4.89. The summed E-state index contributed by atoms with van der Waals surface area (Å²) in [5.41, 5.74) is 0.655. The molecule has 2 heteroatoms. The fourth-order valence-electron chi connectivity index (χ4n) is 3.25. The van der Waals surface area contributed by atoms with Gasteiger partial charge in [-0.3, -0.25) is 0 Å². The van der Waals surface area contributed by atoms with Crippen molar-refractivity contribution in [3.8, 4) is 0 Å². The molecule has 2 saturated heterocycles. The van der Waals surface area contributed by atoms with E-state index in [0.717, 1.165) is 6.04 Å². The van der Waals surface area contributed by atoms with Crippen molar-refractivity contribution in [2.45, 2.75) is 52.0 Å². The molecular formula is C13H26N2. The van der Waals surface area contributed by atoms with Gasteiger partial charge in [0.1, 0.15) is 0 Å². The zero-order chi connectivity index (χ0) is 10.7. The summed E-state index contributed by atoms with van der Waals surface area (Å²) >= 11 is 0. The van der Waals surface area contributed by atoms with Crippen molar-refractivity contribution in [3.05, 3.63) is 0 Å². The van der Waals surface area contributed by atoms with E-state index in [4.69, 9.17) is 0 Å². The van der Waals surface area contributed by atoms with Crippen LogP contribution in [0.15, 0.2) is 0 Å². The summed E-state index contributed by atoms with van der Waals surface area (Å²) in [6.45, 7) is 9.82. The van der Waals surface area contributed by atoms with Crippen molar-refractivity contribution in [2.75, 3.05) is 26.2 Å². The fourth-order valence-corrected chi connectivity index (χ4v) is 3.25. The Hall–Kier alpha value is -0.0800. The van der Waals surface area contributed by atoms with Crippen LogP contribution in [-0.2, 0) is 0 Å². The predicted octanol–water partition coefficient (Wildman–Crippen LogP) is 2.25. The third kappa shape index (κ3) is 2.73. The molecule has 0 bridgehead atoms. The van der Waals surface area contributed by atoms with E-state index >= 15 is 0 Å². The highest BCUT2D eigenvalue weighted by Crippen LogP contribution is 2.37. The van der Waals surface area contributed by atoms with Crippen molar-refractivity contribution in [1.29, 1.82) is 0 Å². The number of nitrogens with one attached hydrogen (secondary N) is 1. The van der Waals surface area contributed by atoms with Gasteiger partial charge in [-0.15, -0.1) is 0 Å². The van der Waals surface area contributed by atoms with E-state index in [0.29, 0.717) is 5.41 Å². The van der Waals surface area contributed by atoms with Crippen LogP contribution in [-0.4, -0.2) is 37.1 Å². The molecule has 2 rings (SSSR count). The van der Waals surface area contributed by atoms with Crippen LogP contribution in [0, 0.1) is 5.41 Å². The summed E-state index contributed by atoms with van der Waals surface area (Å²) in [6.07, 6.45) is 7.12. The molecule has 0 amide bonds. The number of rotatable bonds is 1. The van der Waals surface area contributed by atoms with Gasteiger partial charge in [0.25, 0.3) is 0 Å². The average molecular weight is 210 g/mol. The van der Waals surface area contributed by atoms with Crippen LogP contribution in [0.1, 0.15) is 46.0 Å². The summed E-state index contributed by atoms with van der Waals surface area (Å²) in [7, 11) is 0. The van der Waals surface area contributed by atoms with Gasteiger partial charge in [0.05, 0.1) is 0 Å². The fraction of sp³-hybridized carbons (Fsp3) is 1.00. The van der Waals surface area contributed by atoms with Crippen LogP contribution >= 0.6 is 0 Å². The number of hydrogen-bond acceptors (Lipinski definition) is 2. The Bertz CT molecular complexity index is 195. The lowest BCUT2D eigenvalue weighted by Gasteiger charge is -2.37. The Morgan fingerprint density at radius 2 is 1.87 bits per heavy atom. The molecule has 1 N–H and O–H groups in total. The van der Waals surface area contributed by atoms with Crippen molar-refractivity contribution in [3.63, 3.8) is 0 Å². The number of likely N-dealkylation sites (tertiary alicyclic amines) is 1. The summed E-state index contributed by atoms with van der Waals surface area (Å²) in [5.74, 6) is 0. The number of nitrogens with zero attached hydrogens (tertiary/aromatic N) is 1. The quantitative estimate of drug-likeness (QED) is 0.714. The Labute approximate surface area is 94.4 Å². The van der Waals surface area contributed by atoms with E-state index < -0.39 is 0 Å². The van der Waals surface area contributed by atoms with Crippen molar-refractivity contribution in [2.24, 2.45) is 5.41 Å². The normalized spacial score (nSPS) is 34.6. The van der Waals surface area contributed by atoms with Gasteiger partial charge in [0.2, 0.25) is 0 Å². The van der Waals surface area contributed by atoms with Gasteiger partial charge in [0, 0.05) is 12.6 Å². The molecule has 2 nitrogen and oxygen atoms in total. The van der Waals surface area contributed by atoms with E-state index in [1.807, 2.05) is 0 Å². The molecule has 0 aromatic heterocycles. The van der Waals surface area contributed by atoms with Gasteiger partial charge in [-0.05, 0) is 71.0 Å². The van der Waals surface area contributed by atoms with Crippen LogP contribution in [0.4, 0.5) is 0 Å². The maximum Gasteiger partial charge on any atom is 0.00385 e. The standard InChI is InChI=1S/C13H26N2/c1-12(2)15-9-4-6-13(7-10-15)5-3-8-14-11-13/h12,14H,3-11H2,1-2H3. The zero-order valence-corrected chi connectivity index (χ0v) is 10.4. The van der Waals surface area contributed by atoms with Gasteiger partial charge < -0.3 is 10.2 Å². The third-order valence-corrected chi connectivity index (χ3v) is 4.37. The van der Waals surface area contributed by atoms with Gasteiger partial charge >= 0.3 is 0 Å². The summed E-state index contributed by atoms with van der Waals surface area (Å²) in [4.78, 5) is 2.66. The molecule has 1 unspecified atom stereocenters. The summed E-state index contributed by atoms with van der Waals surface area (Å²) < 4.78 is 0. The summed E-state index contributed by atoms with van der Waals surface area (Å²) in [5, 5.41) is 3.60. The van der Waals surface area contributed by atoms with Gasteiger partial charge in [-0.2, -0.15) is 0 Å². The van der Waals surface area contributed by atoms with Gasteiger partial charge in [0.15, 0.2) is 0 Å². The topological polar surface area (TPSA) is 15.3 Å². The molecule has 0 saturated carbocycles. The first kappa shape index (κ1) is 11.4. The lowest BCUT2D eigenvalue weighted by molar-refractivity contribution is 0.167. The first-order valence-electron chi connectivity index (χ1n) is 6.67. The van der Waals surface area contributed by atoms with Crippen molar-refractivity contribution >= 4 is 0 Å². The Morgan fingerprint density at radius 3 is 2.53 bits per heavy atom. The summed E-state index contributed by atoms with van der Waals surface area (Å²) in [6, 6.07) is 0.733. The monoisotopic (exact) mass is 210 g/mol. The molecule has 15 heavy (non-hydrogen) atoms. The lowest BCUT2D eigenvalue weighted by atomic mass is 9.75. The smallest absolute Gasteiger partial charge is 0.00385 e. The molecule has 0 radical (unpaired) electrons. The van der Waals surface area contributed by atoms with E-state index in [2.05, 4.69) is 24.1 Å². The second-order valence-corrected chi connectivity index (χ2v) is 5.76. The minimum atomic E-state index is 0.655. The van der Waals surface area contributed by atoms with E-state index in [9.17, 15) is 0 Å². The lowest BCUT2D eigenvalue weighted by Crippen LogP contribution is -2.41. The largest absolute Gasteiger partial charge is 0.316 e. The Balaban J connectivity index is 1.93. The number of piperidine rings is 1. The maximum absolute atomic E-state index is 3.60. The second kappa shape index (κ2) is 4.84. The van der Waals surface area contributed by atoms with Gasteiger partial charge in [-0.1, -0.05) is 0 Å². The molecule has 1 atom stereocenters. The zero-order valence-electron chi connectivity index (χ0n) is 10.4. The molecule has 2 fully saturated rings. The van der Waals surface area contributed by atoms with Crippen LogP contribution in [0.25, 0.3) is 0 Å².